The maximum atomic E-state index is 11.1. The number of carbonyl (C=O) groups excluding carboxylic acids is 1. The fourth-order valence-electron chi connectivity index (χ4n) is 1.89. The van der Waals surface area contributed by atoms with E-state index in [-0.39, 0.29) is 5.91 Å². The summed E-state index contributed by atoms with van der Waals surface area (Å²) in [4.78, 5) is 11.1. The van der Waals surface area contributed by atoms with Crippen LogP contribution in [0.1, 0.15) is 26.2 Å². The number of nitrogens with one attached hydrogen (secondary N) is 2. The lowest BCUT2D eigenvalue weighted by Gasteiger charge is -2.19. The second-order valence-electron chi connectivity index (χ2n) is 3.59. The number of carbonyl (C=O) groups is 1. The van der Waals surface area contributed by atoms with Crippen molar-refractivity contribution in [3.8, 4) is 0 Å². The Kier molecular flexibility index (Phi) is 5.33. The van der Waals surface area contributed by atoms with Crippen LogP contribution in [0.4, 0.5) is 0 Å². The van der Waals surface area contributed by atoms with Gasteiger partial charge in [-0.1, -0.05) is 13.3 Å². The minimum absolute atomic E-state index is 0.0807. The molecule has 0 heterocycles. The molecule has 2 unspecified atom stereocenters. The molecule has 0 radical (unpaired) electrons. The fraction of sp³-hybridized carbons (Fsp3) is 0.900. The Morgan fingerprint density at radius 2 is 2.29 bits per heavy atom. The van der Waals surface area contributed by atoms with Gasteiger partial charge in [0.05, 0.1) is 6.54 Å². The van der Waals surface area contributed by atoms with Gasteiger partial charge in [0, 0.05) is 18.3 Å². The highest BCUT2D eigenvalue weighted by Gasteiger charge is 2.26. The fourth-order valence-corrected chi connectivity index (χ4v) is 3.11. The van der Waals surface area contributed by atoms with Crippen molar-refractivity contribution < 1.29 is 4.79 Å². The Hall–Kier alpha value is -0.220. The van der Waals surface area contributed by atoms with E-state index >= 15 is 0 Å². The molecular weight excluding hydrogens is 196 g/mol. The molecular formula is C10H20N2OS. The number of hydrogen-bond donors (Lipinski definition) is 2. The van der Waals surface area contributed by atoms with E-state index in [0.717, 1.165) is 0 Å². The van der Waals surface area contributed by atoms with Crippen molar-refractivity contribution in [1.82, 2.24) is 10.6 Å². The van der Waals surface area contributed by atoms with Crippen molar-refractivity contribution >= 4 is 17.7 Å². The van der Waals surface area contributed by atoms with Crippen LogP contribution in [0.5, 0.6) is 0 Å². The summed E-state index contributed by atoms with van der Waals surface area (Å²) >= 11 is 2.01. The third kappa shape index (κ3) is 3.50. The zero-order chi connectivity index (χ0) is 10.4. The zero-order valence-corrected chi connectivity index (χ0v) is 9.82. The van der Waals surface area contributed by atoms with Crippen LogP contribution < -0.4 is 10.6 Å². The molecule has 0 aliphatic heterocycles. The van der Waals surface area contributed by atoms with Gasteiger partial charge in [0.25, 0.3) is 0 Å². The van der Waals surface area contributed by atoms with Gasteiger partial charge in [0.1, 0.15) is 0 Å². The van der Waals surface area contributed by atoms with Gasteiger partial charge < -0.3 is 10.6 Å². The summed E-state index contributed by atoms with van der Waals surface area (Å²) < 4.78 is 0. The number of thioether (sulfide) groups is 1. The van der Waals surface area contributed by atoms with E-state index in [1.54, 1.807) is 7.05 Å². The van der Waals surface area contributed by atoms with E-state index < -0.39 is 0 Å². The summed E-state index contributed by atoms with van der Waals surface area (Å²) in [6, 6.07) is 0.539. The molecule has 4 heteroatoms. The molecule has 3 nitrogen and oxygen atoms in total. The molecule has 1 amide bonds. The Morgan fingerprint density at radius 3 is 2.93 bits per heavy atom. The molecule has 82 valence electrons. The first-order valence-corrected chi connectivity index (χ1v) is 6.38. The van der Waals surface area contributed by atoms with Crippen molar-refractivity contribution in [2.75, 3.05) is 19.3 Å². The summed E-state index contributed by atoms with van der Waals surface area (Å²) in [6.07, 6.45) is 3.81. The summed E-state index contributed by atoms with van der Waals surface area (Å²) in [7, 11) is 1.68. The van der Waals surface area contributed by atoms with Gasteiger partial charge in [-0.2, -0.15) is 11.8 Å². The van der Waals surface area contributed by atoms with Gasteiger partial charge >= 0.3 is 0 Å². The van der Waals surface area contributed by atoms with Crippen LogP contribution >= 0.6 is 11.8 Å². The maximum absolute atomic E-state index is 11.1. The number of amides is 1. The first-order chi connectivity index (χ1) is 6.77. The molecule has 2 N–H and O–H groups in total. The minimum Gasteiger partial charge on any atom is -0.358 e. The average molecular weight is 216 g/mol. The van der Waals surface area contributed by atoms with Gasteiger partial charge in [0.15, 0.2) is 0 Å². The van der Waals surface area contributed by atoms with Gasteiger partial charge in [0.2, 0.25) is 5.91 Å². The van der Waals surface area contributed by atoms with E-state index in [2.05, 4.69) is 17.6 Å². The van der Waals surface area contributed by atoms with Gasteiger partial charge in [-0.3, -0.25) is 4.79 Å². The van der Waals surface area contributed by atoms with Crippen molar-refractivity contribution in [1.29, 1.82) is 0 Å². The highest BCUT2D eigenvalue weighted by molar-refractivity contribution is 7.99. The Morgan fingerprint density at radius 1 is 1.50 bits per heavy atom. The maximum Gasteiger partial charge on any atom is 0.233 e. The van der Waals surface area contributed by atoms with Crippen molar-refractivity contribution in [3.63, 3.8) is 0 Å². The minimum atomic E-state index is 0.0807. The third-order valence-corrected chi connectivity index (χ3v) is 3.96. The number of hydrogen-bond acceptors (Lipinski definition) is 3. The molecule has 1 fully saturated rings. The van der Waals surface area contributed by atoms with Gasteiger partial charge in [-0.15, -0.1) is 0 Å². The number of rotatable bonds is 5. The SMILES string of the molecule is CCSC1CCCC1NCC(=O)NC. The summed E-state index contributed by atoms with van der Waals surface area (Å²) in [6.45, 7) is 2.65. The van der Waals surface area contributed by atoms with Gasteiger partial charge in [-0.05, 0) is 18.6 Å². The molecule has 0 aromatic carbocycles. The summed E-state index contributed by atoms with van der Waals surface area (Å²) in [5.74, 6) is 1.25. The first kappa shape index (κ1) is 11.9. The summed E-state index contributed by atoms with van der Waals surface area (Å²) in [5, 5.41) is 6.67. The monoisotopic (exact) mass is 216 g/mol. The smallest absolute Gasteiger partial charge is 0.233 e. The van der Waals surface area contributed by atoms with E-state index in [4.69, 9.17) is 0 Å². The Bertz CT molecular complexity index is 187. The van der Waals surface area contributed by atoms with Crippen LogP contribution in [-0.4, -0.2) is 36.5 Å². The Labute approximate surface area is 90.4 Å². The van der Waals surface area contributed by atoms with Gasteiger partial charge in [-0.25, -0.2) is 0 Å². The molecule has 0 spiro atoms. The van der Waals surface area contributed by atoms with Crippen molar-refractivity contribution in [3.05, 3.63) is 0 Å². The normalized spacial score (nSPS) is 26.4. The first-order valence-electron chi connectivity index (χ1n) is 5.33. The van der Waals surface area contributed by atoms with Crippen molar-refractivity contribution in [2.45, 2.75) is 37.5 Å². The standard InChI is InChI=1S/C10H20N2OS/c1-3-14-9-6-4-5-8(9)12-7-10(13)11-2/h8-9,12H,3-7H2,1-2H3,(H,11,13). The molecule has 1 aliphatic rings. The molecule has 1 rings (SSSR count). The lowest BCUT2D eigenvalue weighted by Crippen LogP contribution is -2.40. The van der Waals surface area contributed by atoms with E-state index in [9.17, 15) is 4.79 Å². The van der Waals surface area contributed by atoms with E-state index in [1.165, 1.54) is 25.0 Å². The molecule has 0 aromatic rings. The second kappa shape index (κ2) is 6.30. The quantitative estimate of drug-likeness (QED) is 0.720. The summed E-state index contributed by atoms with van der Waals surface area (Å²) in [5.41, 5.74) is 0. The topological polar surface area (TPSA) is 41.1 Å². The van der Waals surface area contributed by atoms with E-state index in [1.807, 2.05) is 11.8 Å². The van der Waals surface area contributed by atoms with Crippen LogP contribution in [0.15, 0.2) is 0 Å². The van der Waals surface area contributed by atoms with E-state index in [0.29, 0.717) is 17.8 Å². The molecule has 0 bridgehead atoms. The molecule has 14 heavy (non-hydrogen) atoms. The molecule has 1 saturated carbocycles. The van der Waals surface area contributed by atoms with Crippen LogP contribution in [0.3, 0.4) is 0 Å². The van der Waals surface area contributed by atoms with Crippen molar-refractivity contribution in [2.24, 2.45) is 0 Å². The number of likely N-dealkylation sites (N-methyl/N-ethyl adjacent to an activating group) is 1. The predicted octanol–water partition coefficient (Wildman–Crippen LogP) is 0.996. The highest BCUT2D eigenvalue weighted by atomic mass is 32.2. The van der Waals surface area contributed by atoms with Crippen LogP contribution in [0, 0.1) is 0 Å². The highest BCUT2D eigenvalue weighted by Crippen LogP contribution is 2.29. The average Bonchev–Trinajstić information content (AvgIpc) is 2.62. The lowest BCUT2D eigenvalue weighted by molar-refractivity contribution is -0.119. The second-order valence-corrected chi connectivity index (χ2v) is 5.10. The lowest BCUT2D eigenvalue weighted by atomic mass is 10.2. The Balaban J connectivity index is 2.25. The predicted molar refractivity (Wildman–Crippen MR) is 61.6 cm³/mol. The zero-order valence-electron chi connectivity index (χ0n) is 9.01. The van der Waals surface area contributed by atoms with Crippen LogP contribution in [0.2, 0.25) is 0 Å². The molecule has 1 aliphatic carbocycles. The molecule has 2 atom stereocenters. The molecule has 0 aromatic heterocycles. The van der Waals surface area contributed by atoms with Crippen LogP contribution in [-0.2, 0) is 4.79 Å². The molecule has 0 saturated heterocycles. The van der Waals surface area contributed by atoms with Crippen LogP contribution in [0.25, 0.3) is 0 Å². The largest absolute Gasteiger partial charge is 0.358 e. The third-order valence-electron chi connectivity index (χ3n) is 2.64.